The highest BCUT2D eigenvalue weighted by atomic mass is 127. The third-order valence-electron chi connectivity index (χ3n) is 2.42. The number of hydrogen-bond acceptors (Lipinski definition) is 2. The van der Waals surface area contributed by atoms with Crippen LogP contribution in [0.3, 0.4) is 0 Å². The molecule has 0 saturated carbocycles. The van der Waals surface area contributed by atoms with Gasteiger partial charge in [-0.25, -0.2) is 4.39 Å². The highest BCUT2D eigenvalue weighted by Crippen LogP contribution is 2.11. The fraction of sp³-hybridized carbons (Fsp3) is 0.533. The van der Waals surface area contributed by atoms with Crippen LogP contribution in [0.15, 0.2) is 29.3 Å². The van der Waals surface area contributed by atoms with E-state index in [0.29, 0.717) is 24.8 Å². The maximum Gasteiger partial charge on any atom is 0.191 e. The molecule has 0 aliphatic carbocycles. The van der Waals surface area contributed by atoms with Crippen LogP contribution in [0.1, 0.15) is 20.8 Å². The SMILES string of the molecule is CCNC(=NCC(C)C)NCCOc1cccc(F)c1.I. The number of hydrogen-bond donors (Lipinski definition) is 2. The third kappa shape index (κ3) is 9.49. The first-order valence-corrected chi connectivity index (χ1v) is 7.02. The highest BCUT2D eigenvalue weighted by Gasteiger charge is 1.99. The standard InChI is InChI=1S/C15H24FN3O.HI/c1-4-17-15(19-11-12(2)3)18-8-9-20-14-7-5-6-13(16)10-14;/h5-7,10,12H,4,8-9,11H2,1-3H3,(H2,17,18,19);1H. The topological polar surface area (TPSA) is 45.7 Å². The molecule has 1 rings (SSSR count). The van der Waals surface area contributed by atoms with E-state index >= 15 is 0 Å². The van der Waals surface area contributed by atoms with E-state index < -0.39 is 0 Å². The van der Waals surface area contributed by atoms with Crippen LogP contribution < -0.4 is 15.4 Å². The Balaban J connectivity index is 0.00000400. The first-order valence-electron chi connectivity index (χ1n) is 7.02. The molecular weight excluding hydrogens is 384 g/mol. The summed E-state index contributed by atoms with van der Waals surface area (Å²) in [6.45, 7) is 8.93. The Morgan fingerprint density at radius 1 is 1.33 bits per heavy atom. The second-order valence-electron chi connectivity index (χ2n) is 4.85. The zero-order valence-electron chi connectivity index (χ0n) is 12.9. The lowest BCUT2D eigenvalue weighted by Gasteiger charge is -2.12. The normalized spacial score (nSPS) is 11.0. The predicted octanol–water partition coefficient (Wildman–Crippen LogP) is 3.03. The van der Waals surface area contributed by atoms with E-state index in [4.69, 9.17) is 4.74 Å². The van der Waals surface area contributed by atoms with Crippen molar-refractivity contribution in [2.45, 2.75) is 20.8 Å². The summed E-state index contributed by atoms with van der Waals surface area (Å²) in [5.74, 6) is 1.55. The van der Waals surface area contributed by atoms with Gasteiger partial charge in [-0.1, -0.05) is 19.9 Å². The molecule has 4 nitrogen and oxygen atoms in total. The van der Waals surface area contributed by atoms with Crippen molar-refractivity contribution in [2.75, 3.05) is 26.2 Å². The third-order valence-corrected chi connectivity index (χ3v) is 2.42. The number of benzene rings is 1. The monoisotopic (exact) mass is 409 g/mol. The Kier molecular flexibility index (Phi) is 11.0. The number of aliphatic imine (C=N–C) groups is 1. The zero-order valence-corrected chi connectivity index (χ0v) is 15.2. The molecule has 2 N–H and O–H groups in total. The second-order valence-corrected chi connectivity index (χ2v) is 4.85. The molecule has 0 heterocycles. The maximum atomic E-state index is 13.0. The predicted molar refractivity (Wildman–Crippen MR) is 96.1 cm³/mol. The molecule has 6 heteroatoms. The van der Waals surface area contributed by atoms with Gasteiger partial charge in [0.2, 0.25) is 0 Å². The van der Waals surface area contributed by atoms with E-state index in [-0.39, 0.29) is 29.8 Å². The summed E-state index contributed by atoms with van der Waals surface area (Å²) in [6.07, 6.45) is 0. The Labute approximate surface area is 143 Å². The molecule has 0 bridgehead atoms. The Morgan fingerprint density at radius 2 is 2.10 bits per heavy atom. The molecule has 0 spiro atoms. The number of ether oxygens (including phenoxy) is 1. The smallest absolute Gasteiger partial charge is 0.191 e. The molecule has 0 fully saturated rings. The van der Waals surface area contributed by atoms with Gasteiger partial charge in [0.05, 0.1) is 6.54 Å². The van der Waals surface area contributed by atoms with Gasteiger partial charge in [-0.2, -0.15) is 0 Å². The Morgan fingerprint density at radius 3 is 2.71 bits per heavy atom. The van der Waals surface area contributed by atoms with Crippen molar-refractivity contribution < 1.29 is 9.13 Å². The molecule has 0 amide bonds. The molecule has 0 radical (unpaired) electrons. The molecular formula is C15H25FIN3O. The first kappa shape index (κ1) is 19.9. The highest BCUT2D eigenvalue weighted by molar-refractivity contribution is 14.0. The van der Waals surface area contributed by atoms with Crippen LogP contribution in [0.5, 0.6) is 5.75 Å². The zero-order chi connectivity index (χ0) is 14.8. The van der Waals surface area contributed by atoms with Crippen molar-refractivity contribution >= 4 is 29.9 Å². The minimum Gasteiger partial charge on any atom is -0.492 e. The van der Waals surface area contributed by atoms with E-state index in [0.717, 1.165) is 19.0 Å². The van der Waals surface area contributed by atoms with E-state index in [9.17, 15) is 4.39 Å². The number of nitrogens with zero attached hydrogens (tertiary/aromatic N) is 1. The Bertz CT molecular complexity index is 427. The van der Waals surface area contributed by atoms with Crippen LogP contribution in [0.4, 0.5) is 4.39 Å². The van der Waals surface area contributed by atoms with Crippen LogP contribution in [-0.4, -0.2) is 32.2 Å². The summed E-state index contributed by atoms with van der Waals surface area (Å²) in [5.41, 5.74) is 0. The first-order chi connectivity index (χ1) is 9.61. The van der Waals surface area contributed by atoms with Gasteiger partial charge in [0.1, 0.15) is 18.2 Å². The van der Waals surface area contributed by atoms with Gasteiger partial charge >= 0.3 is 0 Å². The maximum absolute atomic E-state index is 13.0. The summed E-state index contributed by atoms with van der Waals surface area (Å²) >= 11 is 0. The lowest BCUT2D eigenvalue weighted by molar-refractivity contribution is 0.320. The summed E-state index contributed by atoms with van der Waals surface area (Å²) in [7, 11) is 0. The van der Waals surface area contributed by atoms with Gasteiger partial charge in [0.15, 0.2) is 5.96 Å². The molecule has 0 aliphatic heterocycles. The van der Waals surface area contributed by atoms with E-state index in [1.807, 2.05) is 6.92 Å². The molecule has 0 unspecified atom stereocenters. The van der Waals surface area contributed by atoms with Gasteiger partial charge in [0.25, 0.3) is 0 Å². The minimum atomic E-state index is -0.290. The van der Waals surface area contributed by atoms with Crippen molar-refractivity contribution in [1.29, 1.82) is 0 Å². The van der Waals surface area contributed by atoms with Gasteiger partial charge in [-0.3, -0.25) is 4.99 Å². The molecule has 120 valence electrons. The lowest BCUT2D eigenvalue weighted by Crippen LogP contribution is -2.39. The van der Waals surface area contributed by atoms with Crippen molar-refractivity contribution in [2.24, 2.45) is 10.9 Å². The fourth-order valence-corrected chi connectivity index (χ4v) is 1.51. The largest absolute Gasteiger partial charge is 0.492 e. The van der Waals surface area contributed by atoms with Crippen molar-refractivity contribution in [3.8, 4) is 5.75 Å². The van der Waals surface area contributed by atoms with Crippen LogP contribution in [0, 0.1) is 11.7 Å². The summed E-state index contributed by atoms with van der Waals surface area (Å²) in [5, 5.41) is 6.35. The number of halogens is 2. The van der Waals surface area contributed by atoms with Gasteiger partial charge in [-0.05, 0) is 25.0 Å². The average molecular weight is 409 g/mol. The summed E-state index contributed by atoms with van der Waals surface area (Å²) in [6, 6.07) is 6.14. The average Bonchev–Trinajstić information content (AvgIpc) is 2.40. The van der Waals surface area contributed by atoms with E-state index in [2.05, 4.69) is 29.5 Å². The molecule has 0 atom stereocenters. The molecule has 0 aromatic heterocycles. The van der Waals surface area contributed by atoms with Crippen LogP contribution in [0.2, 0.25) is 0 Å². The molecule has 1 aromatic carbocycles. The second kappa shape index (κ2) is 11.6. The molecule has 0 aliphatic rings. The van der Waals surface area contributed by atoms with Gasteiger partial charge < -0.3 is 15.4 Å². The number of guanidine groups is 1. The van der Waals surface area contributed by atoms with Gasteiger partial charge in [-0.15, -0.1) is 24.0 Å². The summed E-state index contributed by atoms with van der Waals surface area (Å²) < 4.78 is 18.4. The van der Waals surface area contributed by atoms with E-state index in [1.54, 1.807) is 12.1 Å². The van der Waals surface area contributed by atoms with E-state index in [1.165, 1.54) is 12.1 Å². The van der Waals surface area contributed by atoms with Crippen molar-refractivity contribution in [1.82, 2.24) is 10.6 Å². The minimum absolute atomic E-state index is 0. The van der Waals surface area contributed by atoms with Crippen LogP contribution >= 0.6 is 24.0 Å². The molecule has 21 heavy (non-hydrogen) atoms. The van der Waals surface area contributed by atoms with Crippen molar-refractivity contribution in [3.05, 3.63) is 30.1 Å². The Hall–Kier alpha value is -1.05. The van der Waals surface area contributed by atoms with Gasteiger partial charge in [0, 0.05) is 19.2 Å². The molecule has 0 saturated heterocycles. The lowest BCUT2D eigenvalue weighted by atomic mass is 10.2. The quantitative estimate of drug-likeness (QED) is 0.315. The number of nitrogens with one attached hydrogen (secondary N) is 2. The van der Waals surface area contributed by atoms with Crippen LogP contribution in [-0.2, 0) is 0 Å². The number of rotatable bonds is 7. The molecule has 1 aromatic rings. The van der Waals surface area contributed by atoms with Crippen LogP contribution in [0.25, 0.3) is 0 Å². The summed E-state index contributed by atoms with van der Waals surface area (Å²) in [4.78, 5) is 4.45. The fourth-order valence-electron chi connectivity index (χ4n) is 1.51. The van der Waals surface area contributed by atoms with Crippen molar-refractivity contribution in [3.63, 3.8) is 0 Å².